The molecule has 1 aromatic heterocycles. The second-order valence-electron chi connectivity index (χ2n) is 5.93. The van der Waals surface area contributed by atoms with Gasteiger partial charge in [0.05, 0.1) is 19.2 Å². The second-order valence-corrected chi connectivity index (χ2v) is 6.34. The predicted octanol–water partition coefficient (Wildman–Crippen LogP) is 4.97. The Morgan fingerprint density at radius 3 is 2.65 bits per heavy atom. The first-order valence-electron chi connectivity index (χ1n) is 8.39. The third-order valence-electron chi connectivity index (χ3n) is 4.19. The number of hydrogen-bond acceptors (Lipinski definition) is 3. The molecule has 0 spiro atoms. The molecule has 5 nitrogen and oxygen atoms in total. The van der Waals surface area contributed by atoms with E-state index in [1.54, 1.807) is 12.1 Å². The molecule has 0 saturated heterocycles. The lowest BCUT2D eigenvalue weighted by atomic mass is 10.1. The summed E-state index contributed by atoms with van der Waals surface area (Å²) in [6, 6.07) is 11.1. The van der Waals surface area contributed by atoms with E-state index in [0.29, 0.717) is 22.1 Å². The molecular formula is C20H21ClN2O3. The number of benzene rings is 2. The van der Waals surface area contributed by atoms with Crippen LogP contribution in [0.3, 0.4) is 0 Å². The number of hydrogen-bond donors (Lipinski definition) is 1. The van der Waals surface area contributed by atoms with Crippen molar-refractivity contribution in [2.45, 2.75) is 19.9 Å². The highest BCUT2D eigenvalue weighted by molar-refractivity contribution is 6.32. The summed E-state index contributed by atoms with van der Waals surface area (Å²) >= 11 is 6.18. The average Bonchev–Trinajstić information content (AvgIpc) is 3.03. The van der Waals surface area contributed by atoms with Gasteiger partial charge in [-0.1, -0.05) is 18.5 Å². The van der Waals surface area contributed by atoms with Crippen LogP contribution in [0.5, 0.6) is 11.5 Å². The molecule has 0 aliphatic carbocycles. The summed E-state index contributed by atoms with van der Waals surface area (Å²) in [6.07, 6.45) is 3.14. The summed E-state index contributed by atoms with van der Waals surface area (Å²) < 4.78 is 12.7. The highest BCUT2D eigenvalue weighted by Gasteiger charge is 2.15. The third-order valence-corrected chi connectivity index (χ3v) is 4.47. The molecule has 0 radical (unpaired) electrons. The molecule has 136 valence electrons. The third kappa shape index (κ3) is 3.48. The first-order valence-corrected chi connectivity index (χ1v) is 8.77. The van der Waals surface area contributed by atoms with Crippen molar-refractivity contribution in [2.75, 3.05) is 19.5 Å². The number of aryl methyl sites for hydroxylation is 1. The van der Waals surface area contributed by atoms with Crippen molar-refractivity contribution in [1.29, 1.82) is 0 Å². The van der Waals surface area contributed by atoms with Crippen molar-refractivity contribution in [3.63, 3.8) is 0 Å². The van der Waals surface area contributed by atoms with Crippen LogP contribution in [0.2, 0.25) is 5.02 Å². The number of aromatic nitrogens is 1. The topological polar surface area (TPSA) is 52.5 Å². The van der Waals surface area contributed by atoms with E-state index in [1.807, 2.05) is 24.3 Å². The lowest BCUT2D eigenvalue weighted by Crippen LogP contribution is -2.12. The molecule has 3 rings (SSSR count). The number of methoxy groups -OCH3 is 2. The Morgan fingerprint density at radius 2 is 1.96 bits per heavy atom. The van der Waals surface area contributed by atoms with E-state index in [0.717, 1.165) is 29.6 Å². The molecular weight excluding hydrogens is 352 g/mol. The van der Waals surface area contributed by atoms with Crippen molar-refractivity contribution in [3.8, 4) is 11.5 Å². The van der Waals surface area contributed by atoms with E-state index in [1.165, 1.54) is 14.2 Å². The number of fused-ring (bicyclic) bond motifs is 1. The van der Waals surface area contributed by atoms with Gasteiger partial charge in [0.1, 0.15) is 0 Å². The summed E-state index contributed by atoms with van der Waals surface area (Å²) in [4.78, 5) is 12.6. The van der Waals surface area contributed by atoms with Gasteiger partial charge in [0.15, 0.2) is 11.5 Å². The Kier molecular flexibility index (Phi) is 5.38. The van der Waals surface area contributed by atoms with Gasteiger partial charge < -0.3 is 19.4 Å². The number of carbonyl (C=O) groups is 1. The minimum Gasteiger partial charge on any atom is -0.493 e. The van der Waals surface area contributed by atoms with Gasteiger partial charge in [-0.05, 0) is 42.8 Å². The molecule has 0 atom stereocenters. The maximum absolute atomic E-state index is 12.6. The zero-order valence-corrected chi connectivity index (χ0v) is 15.8. The average molecular weight is 373 g/mol. The van der Waals surface area contributed by atoms with Crippen LogP contribution in [0.25, 0.3) is 10.9 Å². The SMILES string of the molecule is CCCn1ccc2cc(NC(=O)c3cc(Cl)c(OC)c(OC)c3)ccc21. The lowest BCUT2D eigenvalue weighted by Gasteiger charge is -2.12. The van der Waals surface area contributed by atoms with Crippen molar-refractivity contribution in [1.82, 2.24) is 4.57 Å². The van der Waals surface area contributed by atoms with Gasteiger partial charge in [-0.3, -0.25) is 4.79 Å². The van der Waals surface area contributed by atoms with Gasteiger partial charge in [0.25, 0.3) is 5.91 Å². The van der Waals surface area contributed by atoms with Gasteiger partial charge in [-0.15, -0.1) is 0 Å². The minimum absolute atomic E-state index is 0.264. The number of rotatable bonds is 6. The van der Waals surface area contributed by atoms with E-state index in [4.69, 9.17) is 21.1 Å². The Bertz CT molecular complexity index is 950. The Labute approximate surface area is 157 Å². The normalized spacial score (nSPS) is 10.8. The second kappa shape index (κ2) is 7.70. The number of carbonyl (C=O) groups excluding carboxylic acids is 1. The number of nitrogens with one attached hydrogen (secondary N) is 1. The molecule has 3 aromatic rings. The van der Waals surface area contributed by atoms with Crippen molar-refractivity contribution >= 4 is 34.1 Å². The van der Waals surface area contributed by atoms with Crippen LogP contribution in [0.15, 0.2) is 42.6 Å². The monoisotopic (exact) mass is 372 g/mol. The van der Waals surface area contributed by atoms with Gasteiger partial charge in [-0.2, -0.15) is 0 Å². The molecule has 0 aliphatic rings. The molecule has 0 unspecified atom stereocenters. The Balaban J connectivity index is 1.86. The molecule has 1 heterocycles. The Morgan fingerprint density at radius 1 is 1.15 bits per heavy atom. The summed E-state index contributed by atoms with van der Waals surface area (Å²) in [5.74, 6) is 0.557. The molecule has 0 fully saturated rings. The summed E-state index contributed by atoms with van der Waals surface area (Å²) in [6.45, 7) is 3.12. The zero-order valence-electron chi connectivity index (χ0n) is 15.0. The first kappa shape index (κ1) is 18.1. The molecule has 1 amide bonds. The fourth-order valence-corrected chi connectivity index (χ4v) is 3.25. The molecule has 26 heavy (non-hydrogen) atoms. The molecule has 0 aliphatic heterocycles. The number of halogens is 1. The van der Waals surface area contributed by atoms with E-state index >= 15 is 0 Å². The Hall–Kier alpha value is -2.66. The van der Waals surface area contributed by atoms with Crippen LogP contribution in [-0.2, 0) is 6.54 Å². The van der Waals surface area contributed by atoms with Crippen LogP contribution in [-0.4, -0.2) is 24.7 Å². The van der Waals surface area contributed by atoms with Gasteiger partial charge in [-0.25, -0.2) is 0 Å². The largest absolute Gasteiger partial charge is 0.493 e. The number of nitrogens with zero attached hydrogens (tertiary/aromatic N) is 1. The van der Waals surface area contributed by atoms with Crippen LogP contribution in [0, 0.1) is 0 Å². The molecule has 1 N–H and O–H groups in total. The highest BCUT2D eigenvalue weighted by Crippen LogP contribution is 2.36. The maximum atomic E-state index is 12.6. The summed E-state index contributed by atoms with van der Waals surface area (Å²) in [5.41, 5.74) is 2.28. The molecule has 2 aromatic carbocycles. The zero-order chi connectivity index (χ0) is 18.7. The van der Waals surface area contributed by atoms with E-state index < -0.39 is 0 Å². The number of anilines is 1. The number of amides is 1. The fourth-order valence-electron chi connectivity index (χ4n) is 2.97. The van der Waals surface area contributed by atoms with Crippen molar-refractivity contribution < 1.29 is 14.3 Å². The number of ether oxygens (including phenoxy) is 2. The van der Waals surface area contributed by atoms with Gasteiger partial charge in [0, 0.05) is 34.9 Å². The fraction of sp³-hybridized carbons (Fsp3) is 0.250. The van der Waals surface area contributed by atoms with Crippen LogP contribution in [0.4, 0.5) is 5.69 Å². The van der Waals surface area contributed by atoms with E-state index in [9.17, 15) is 4.79 Å². The van der Waals surface area contributed by atoms with Crippen LogP contribution < -0.4 is 14.8 Å². The predicted molar refractivity (Wildman–Crippen MR) is 105 cm³/mol. The highest BCUT2D eigenvalue weighted by atomic mass is 35.5. The minimum atomic E-state index is -0.264. The van der Waals surface area contributed by atoms with Crippen molar-refractivity contribution in [3.05, 3.63) is 53.2 Å². The summed E-state index contributed by atoms with van der Waals surface area (Å²) in [7, 11) is 3.01. The standard InChI is InChI=1S/C20H21ClN2O3/c1-4-8-23-9-7-13-10-15(5-6-17(13)23)22-20(24)14-11-16(21)19(26-3)18(12-14)25-2/h5-7,9-12H,4,8H2,1-3H3,(H,22,24). The summed E-state index contributed by atoms with van der Waals surface area (Å²) in [5, 5.41) is 4.31. The smallest absolute Gasteiger partial charge is 0.255 e. The van der Waals surface area contributed by atoms with Gasteiger partial charge in [0.2, 0.25) is 0 Å². The molecule has 0 saturated carbocycles. The molecule has 0 bridgehead atoms. The lowest BCUT2D eigenvalue weighted by molar-refractivity contribution is 0.102. The first-order chi connectivity index (χ1) is 12.6. The van der Waals surface area contributed by atoms with E-state index in [-0.39, 0.29) is 5.91 Å². The van der Waals surface area contributed by atoms with Crippen LogP contribution in [0.1, 0.15) is 23.7 Å². The quantitative estimate of drug-likeness (QED) is 0.664. The molecule has 6 heteroatoms. The van der Waals surface area contributed by atoms with Gasteiger partial charge >= 0.3 is 0 Å². The van der Waals surface area contributed by atoms with Crippen molar-refractivity contribution in [2.24, 2.45) is 0 Å². The van der Waals surface area contributed by atoms with Crippen LogP contribution >= 0.6 is 11.6 Å². The maximum Gasteiger partial charge on any atom is 0.255 e. The van der Waals surface area contributed by atoms with E-state index in [2.05, 4.69) is 23.0 Å².